The van der Waals surface area contributed by atoms with Crippen molar-refractivity contribution in [1.82, 2.24) is 4.72 Å². The van der Waals surface area contributed by atoms with Gasteiger partial charge in [-0.25, -0.2) is 13.1 Å². The number of allylic oxidation sites excluding steroid dienone is 1. The fourth-order valence-electron chi connectivity index (χ4n) is 6.96. The highest BCUT2D eigenvalue weighted by molar-refractivity contribution is 7.90. The number of ether oxygens (including phenoxy) is 1. The van der Waals surface area contributed by atoms with Gasteiger partial charge < -0.3 is 14.7 Å². The van der Waals surface area contributed by atoms with Crippen LogP contribution in [0.3, 0.4) is 0 Å². The van der Waals surface area contributed by atoms with E-state index in [1.54, 1.807) is 25.1 Å². The SMILES string of the molecule is C[C@H]1CC/C=C\[C@H](O)[C@@H]2CC[C@H]2CN2C[C@@]3(CCCc4cc(Cl)ccc43)COc3ccc(cc32)C(=O)NS1(=O)=O. The number of nitrogens with zero attached hydrogens (tertiary/aromatic N) is 1. The van der Waals surface area contributed by atoms with Crippen molar-refractivity contribution >= 4 is 33.2 Å². The molecule has 2 heterocycles. The summed E-state index contributed by atoms with van der Waals surface area (Å²) in [6, 6.07) is 11.4. The first-order valence-corrected chi connectivity index (χ1v) is 16.3. The van der Waals surface area contributed by atoms with E-state index in [0.717, 1.165) is 49.4 Å². The standard InChI is InChI=1S/C31H37ClN2O5S/c1-20-5-2-3-7-28(35)25-11-8-23(25)17-34-18-31(14-4-6-21-15-24(32)10-12-26(21)31)19-39-29-13-9-22(16-27(29)34)30(36)33-40(20,37)38/h3,7,9-10,12-13,15-16,20,23,25,28,35H,2,4-6,8,11,14,17-19H2,1H3,(H,33,36)/b7-3-/t20-,23-,25+,28-,31-/m0/s1. The molecule has 2 bridgehead atoms. The van der Waals surface area contributed by atoms with Crippen LogP contribution in [0.15, 0.2) is 48.6 Å². The first kappa shape index (κ1) is 27.6. The largest absolute Gasteiger partial charge is 0.490 e. The Kier molecular flexibility index (Phi) is 7.38. The summed E-state index contributed by atoms with van der Waals surface area (Å²) >= 11 is 6.37. The van der Waals surface area contributed by atoms with Crippen molar-refractivity contribution in [3.8, 4) is 5.75 Å². The Morgan fingerprint density at radius 3 is 2.80 bits per heavy atom. The molecule has 9 heteroatoms. The molecule has 40 heavy (non-hydrogen) atoms. The Balaban J connectivity index is 1.42. The van der Waals surface area contributed by atoms with Gasteiger partial charge in [-0.05, 0) is 105 Å². The zero-order valence-corrected chi connectivity index (χ0v) is 24.4. The minimum absolute atomic E-state index is 0.137. The third-order valence-corrected chi connectivity index (χ3v) is 11.5. The number of anilines is 1. The summed E-state index contributed by atoms with van der Waals surface area (Å²) in [4.78, 5) is 15.5. The molecule has 2 aromatic rings. The molecule has 0 radical (unpaired) electrons. The Hall–Kier alpha value is -2.55. The van der Waals surface area contributed by atoms with Crippen molar-refractivity contribution in [3.63, 3.8) is 0 Å². The van der Waals surface area contributed by atoms with Gasteiger partial charge in [0.25, 0.3) is 5.91 Å². The van der Waals surface area contributed by atoms with Crippen LogP contribution in [-0.2, 0) is 21.9 Å². The molecule has 1 fully saturated rings. The van der Waals surface area contributed by atoms with Gasteiger partial charge in [-0.2, -0.15) is 0 Å². The Labute approximate surface area is 241 Å². The number of rotatable bonds is 0. The molecule has 1 saturated carbocycles. The Morgan fingerprint density at radius 2 is 2.00 bits per heavy atom. The smallest absolute Gasteiger partial charge is 0.264 e. The number of hydrogen-bond acceptors (Lipinski definition) is 6. The van der Waals surface area contributed by atoms with Crippen molar-refractivity contribution in [2.45, 2.75) is 68.6 Å². The molecular weight excluding hydrogens is 548 g/mol. The summed E-state index contributed by atoms with van der Waals surface area (Å²) in [7, 11) is -3.86. The Bertz CT molecular complexity index is 1440. The number of carbonyl (C=O) groups is 1. The highest BCUT2D eigenvalue weighted by Crippen LogP contribution is 2.46. The van der Waals surface area contributed by atoms with Gasteiger partial charge in [-0.15, -0.1) is 0 Å². The van der Waals surface area contributed by atoms with E-state index in [9.17, 15) is 18.3 Å². The van der Waals surface area contributed by atoms with Crippen molar-refractivity contribution < 1.29 is 23.1 Å². The molecule has 2 N–H and O–H groups in total. The summed E-state index contributed by atoms with van der Waals surface area (Å²) < 4.78 is 34.6. The number of benzene rings is 2. The second-order valence-electron chi connectivity index (χ2n) is 12.1. The predicted octanol–water partition coefficient (Wildman–Crippen LogP) is 5.00. The van der Waals surface area contributed by atoms with Gasteiger partial charge in [0.05, 0.1) is 23.6 Å². The van der Waals surface area contributed by atoms with Crippen molar-refractivity contribution in [2.75, 3.05) is 24.6 Å². The number of fused-ring (bicyclic) bond motifs is 4. The number of amides is 1. The molecule has 4 aliphatic rings. The molecule has 1 amide bonds. The van der Waals surface area contributed by atoms with Crippen molar-refractivity contribution in [3.05, 3.63) is 70.3 Å². The van der Waals surface area contributed by atoms with Crippen LogP contribution in [0.5, 0.6) is 5.75 Å². The van der Waals surface area contributed by atoms with Gasteiger partial charge in [0.2, 0.25) is 10.0 Å². The minimum atomic E-state index is -3.86. The number of halogens is 1. The maximum atomic E-state index is 13.2. The number of aliphatic hydroxyl groups is 1. The van der Waals surface area contributed by atoms with E-state index in [1.807, 2.05) is 18.2 Å². The van der Waals surface area contributed by atoms with Crippen LogP contribution in [0.25, 0.3) is 0 Å². The number of nitrogens with one attached hydrogen (secondary N) is 1. The average molecular weight is 585 g/mol. The van der Waals surface area contributed by atoms with Crippen LogP contribution >= 0.6 is 11.6 Å². The van der Waals surface area contributed by atoms with Gasteiger partial charge in [0.1, 0.15) is 5.75 Å². The van der Waals surface area contributed by atoms with E-state index in [4.69, 9.17) is 16.3 Å². The first-order chi connectivity index (χ1) is 19.1. The third-order valence-electron chi connectivity index (χ3n) is 9.51. The van der Waals surface area contributed by atoms with E-state index in [0.29, 0.717) is 37.7 Å². The number of aliphatic hydroxyl groups excluding tert-OH is 1. The number of aryl methyl sites for hydroxylation is 1. The van der Waals surface area contributed by atoms with Gasteiger partial charge >= 0.3 is 0 Å². The maximum Gasteiger partial charge on any atom is 0.264 e. The average Bonchev–Trinajstić information content (AvgIpc) is 3.05. The van der Waals surface area contributed by atoms with Crippen LogP contribution in [-0.4, -0.2) is 50.5 Å². The molecule has 0 unspecified atom stereocenters. The van der Waals surface area contributed by atoms with Gasteiger partial charge in [0.15, 0.2) is 0 Å². The summed E-state index contributed by atoms with van der Waals surface area (Å²) in [5.74, 6) is 0.479. The highest BCUT2D eigenvalue weighted by atomic mass is 35.5. The molecule has 2 aliphatic heterocycles. The van der Waals surface area contributed by atoms with Crippen LogP contribution in [0.4, 0.5) is 5.69 Å². The fraction of sp³-hybridized carbons (Fsp3) is 0.516. The molecule has 6 rings (SSSR count). The molecule has 2 aliphatic carbocycles. The number of sulfonamides is 1. The lowest BCUT2D eigenvalue weighted by Crippen LogP contribution is -2.49. The molecule has 214 valence electrons. The highest BCUT2D eigenvalue weighted by Gasteiger charge is 2.44. The molecule has 2 aromatic carbocycles. The molecule has 5 atom stereocenters. The van der Waals surface area contributed by atoms with E-state index in [2.05, 4.69) is 21.8 Å². The number of hydrogen-bond donors (Lipinski definition) is 2. The van der Waals surface area contributed by atoms with E-state index in [-0.39, 0.29) is 16.9 Å². The molecule has 0 aromatic heterocycles. The van der Waals surface area contributed by atoms with Crippen LogP contribution in [0, 0.1) is 11.8 Å². The second-order valence-corrected chi connectivity index (χ2v) is 14.6. The Morgan fingerprint density at radius 1 is 1.15 bits per heavy atom. The summed E-state index contributed by atoms with van der Waals surface area (Å²) in [6.45, 7) is 3.52. The number of carbonyl (C=O) groups excluding carboxylic acids is 1. The lowest BCUT2D eigenvalue weighted by Gasteiger charge is -2.45. The zero-order valence-electron chi connectivity index (χ0n) is 22.8. The van der Waals surface area contributed by atoms with E-state index < -0.39 is 27.3 Å². The quantitative estimate of drug-likeness (QED) is 0.423. The normalized spacial score (nSPS) is 32.5. The fourth-order valence-corrected chi connectivity index (χ4v) is 8.18. The van der Waals surface area contributed by atoms with Crippen LogP contribution < -0.4 is 14.4 Å². The zero-order chi connectivity index (χ0) is 28.1. The summed E-state index contributed by atoms with van der Waals surface area (Å²) in [6.07, 6.45) is 8.95. The van der Waals surface area contributed by atoms with Crippen LogP contribution in [0.1, 0.15) is 66.9 Å². The van der Waals surface area contributed by atoms with Gasteiger partial charge in [-0.3, -0.25) is 4.79 Å². The lowest BCUT2D eigenvalue weighted by atomic mass is 9.68. The lowest BCUT2D eigenvalue weighted by molar-refractivity contribution is 0.0456. The van der Waals surface area contributed by atoms with Gasteiger partial charge in [0, 0.05) is 29.1 Å². The monoisotopic (exact) mass is 584 g/mol. The topological polar surface area (TPSA) is 95.9 Å². The second kappa shape index (κ2) is 10.7. The van der Waals surface area contributed by atoms with Gasteiger partial charge in [-0.1, -0.05) is 29.8 Å². The predicted molar refractivity (Wildman–Crippen MR) is 157 cm³/mol. The van der Waals surface area contributed by atoms with E-state index >= 15 is 0 Å². The molecule has 1 spiro atoms. The van der Waals surface area contributed by atoms with Crippen LogP contribution in [0.2, 0.25) is 5.02 Å². The molecular formula is C31H37ClN2O5S. The minimum Gasteiger partial charge on any atom is -0.490 e. The third kappa shape index (κ3) is 5.14. The summed E-state index contributed by atoms with van der Waals surface area (Å²) in [5.41, 5.74) is 3.33. The van der Waals surface area contributed by atoms with Crippen molar-refractivity contribution in [1.29, 1.82) is 0 Å². The molecule has 7 nitrogen and oxygen atoms in total. The maximum absolute atomic E-state index is 13.2. The first-order valence-electron chi connectivity index (χ1n) is 14.4. The van der Waals surface area contributed by atoms with E-state index in [1.165, 1.54) is 11.1 Å². The summed E-state index contributed by atoms with van der Waals surface area (Å²) in [5, 5.41) is 11.0. The van der Waals surface area contributed by atoms with Crippen molar-refractivity contribution in [2.24, 2.45) is 11.8 Å². The molecule has 0 saturated heterocycles.